The van der Waals surface area contributed by atoms with E-state index in [-0.39, 0.29) is 0 Å². The van der Waals surface area contributed by atoms with Crippen LogP contribution >= 0.6 is 11.6 Å². The van der Waals surface area contributed by atoms with Crippen LogP contribution in [-0.2, 0) is 6.42 Å². The smallest absolute Gasteiger partial charge is 0.0458 e. The zero-order valence-electron chi connectivity index (χ0n) is 8.62. The lowest BCUT2D eigenvalue weighted by Crippen LogP contribution is -2.34. The molecule has 0 spiro atoms. The highest BCUT2D eigenvalue weighted by Gasteiger charge is 2.34. The summed E-state index contributed by atoms with van der Waals surface area (Å²) in [6.45, 7) is 0.984. The van der Waals surface area contributed by atoms with Crippen LogP contribution in [0.15, 0.2) is 18.2 Å². The molecule has 15 heavy (non-hydrogen) atoms. The predicted molar refractivity (Wildman–Crippen MR) is 63.5 cm³/mol. The summed E-state index contributed by atoms with van der Waals surface area (Å²) in [4.78, 5) is 2.44. The number of fused-ring (bicyclic) bond motifs is 3. The normalized spacial score (nSPS) is 28.8. The molecule has 80 valence electrons. The summed E-state index contributed by atoms with van der Waals surface area (Å²) < 4.78 is 0. The maximum atomic E-state index is 6.21. The molecule has 0 saturated carbocycles. The first-order valence-electron chi connectivity index (χ1n) is 5.55. The van der Waals surface area contributed by atoms with Crippen molar-refractivity contribution >= 4 is 17.3 Å². The molecule has 0 aliphatic carbocycles. The maximum absolute atomic E-state index is 6.21. The van der Waals surface area contributed by atoms with Crippen LogP contribution in [0.5, 0.6) is 0 Å². The molecule has 2 unspecified atom stereocenters. The molecule has 2 nitrogen and oxygen atoms in total. The van der Waals surface area contributed by atoms with E-state index >= 15 is 0 Å². The lowest BCUT2D eigenvalue weighted by atomic mass is 9.96. The molecule has 1 saturated heterocycles. The van der Waals surface area contributed by atoms with Gasteiger partial charge in [0.2, 0.25) is 0 Å². The van der Waals surface area contributed by atoms with Gasteiger partial charge in [0, 0.05) is 29.3 Å². The molecule has 3 rings (SSSR count). The Hall–Kier alpha value is -0.730. The van der Waals surface area contributed by atoms with E-state index in [2.05, 4.69) is 11.0 Å². The molecule has 2 N–H and O–H groups in total. The predicted octanol–water partition coefficient (Wildman–Crippen LogP) is 2.19. The molecule has 2 aliphatic heterocycles. The summed E-state index contributed by atoms with van der Waals surface area (Å²) in [5, 5.41) is 0.909. The first kappa shape index (κ1) is 9.49. The molecule has 0 aromatic heterocycles. The Bertz CT molecular complexity index is 391. The standard InChI is InChI=1S/C12H15ClN2/c13-11-2-1-3-12-10(11)5-4-9-6-8(14)7-15(9)12/h1-3,8-9H,4-7,14H2. The number of rotatable bonds is 0. The van der Waals surface area contributed by atoms with Crippen molar-refractivity contribution in [1.82, 2.24) is 0 Å². The SMILES string of the molecule is NC1CC2CCc3c(Cl)cccc3N2C1. The number of nitrogens with zero attached hydrogens (tertiary/aromatic N) is 1. The van der Waals surface area contributed by atoms with Gasteiger partial charge in [-0.25, -0.2) is 0 Å². The molecule has 0 radical (unpaired) electrons. The van der Waals surface area contributed by atoms with Gasteiger partial charge in [0.15, 0.2) is 0 Å². The zero-order chi connectivity index (χ0) is 10.4. The fourth-order valence-electron chi connectivity index (χ4n) is 2.90. The summed E-state index contributed by atoms with van der Waals surface area (Å²) in [5.41, 5.74) is 8.64. The van der Waals surface area contributed by atoms with E-state index in [9.17, 15) is 0 Å². The minimum Gasteiger partial charge on any atom is -0.367 e. The monoisotopic (exact) mass is 222 g/mol. The van der Waals surface area contributed by atoms with Gasteiger partial charge < -0.3 is 10.6 Å². The van der Waals surface area contributed by atoms with Gasteiger partial charge in [0.05, 0.1) is 0 Å². The first-order chi connectivity index (χ1) is 7.25. The molecule has 1 fully saturated rings. The molecule has 0 amide bonds. The van der Waals surface area contributed by atoms with E-state index in [0.29, 0.717) is 12.1 Å². The van der Waals surface area contributed by atoms with Crippen LogP contribution in [0.1, 0.15) is 18.4 Å². The Morgan fingerprint density at radius 1 is 1.40 bits per heavy atom. The molecule has 0 bridgehead atoms. The number of nitrogens with two attached hydrogens (primary N) is 1. The largest absolute Gasteiger partial charge is 0.367 e. The fourth-order valence-corrected chi connectivity index (χ4v) is 3.16. The molecule has 2 heterocycles. The topological polar surface area (TPSA) is 29.3 Å². The van der Waals surface area contributed by atoms with Crippen LogP contribution in [0.2, 0.25) is 5.02 Å². The summed E-state index contributed by atoms with van der Waals surface area (Å²) in [7, 11) is 0. The van der Waals surface area contributed by atoms with Gasteiger partial charge in [-0.2, -0.15) is 0 Å². The van der Waals surface area contributed by atoms with Crippen molar-refractivity contribution in [2.24, 2.45) is 5.73 Å². The number of halogens is 1. The van der Waals surface area contributed by atoms with E-state index < -0.39 is 0 Å². The Balaban J connectivity index is 2.05. The van der Waals surface area contributed by atoms with Gasteiger partial charge in [-0.05, 0) is 37.0 Å². The highest BCUT2D eigenvalue weighted by molar-refractivity contribution is 6.31. The van der Waals surface area contributed by atoms with Crippen LogP contribution in [0.3, 0.4) is 0 Å². The van der Waals surface area contributed by atoms with Crippen molar-refractivity contribution in [3.8, 4) is 0 Å². The van der Waals surface area contributed by atoms with Crippen molar-refractivity contribution in [2.75, 3.05) is 11.4 Å². The third-order valence-corrected chi connectivity index (χ3v) is 3.93. The van der Waals surface area contributed by atoms with E-state index in [0.717, 1.165) is 24.4 Å². The second-order valence-electron chi connectivity index (χ2n) is 4.58. The van der Waals surface area contributed by atoms with E-state index in [1.807, 2.05) is 12.1 Å². The lowest BCUT2D eigenvalue weighted by molar-refractivity contribution is 0.575. The molecule has 1 aromatic rings. The summed E-state index contributed by atoms with van der Waals surface area (Å²) >= 11 is 6.21. The second-order valence-corrected chi connectivity index (χ2v) is 4.99. The summed E-state index contributed by atoms with van der Waals surface area (Å²) in [6.07, 6.45) is 3.43. The first-order valence-corrected chi connectivity index (χ1v) is 5.93. The molecule has 2 aliphatic rings. The molecular weight excluding hydrogens is 208 g/mol. The quantitative estimate of drug-likeness (QED) is 0.729. The zero-order valence-corrected chi connectivity index (χ0v) is 9.37. The van der Waals surface area contributed by atoms with Crippen LogP contribution in [0.4, 0.5) is 5.69 Å². The Kier molecular flexibility index (Phi) is 2.15. The second kappa shape index (κ2) is 3.39. The van der Waals surface area contributed by atoms with Crippen LogP contribution in [0, 0.1) is 0 Å². The average molecular weight is 223 g/mol. The van der Waals surface area contributed by atoms with E-state index in [1.54, 1.807) is 0 Å². The van der Waals surface area contributed by atoms with Gasteiger partial charge in [-0.1, -0.05) is 17.7 Å². The van der Waals surface area contributed by atoms with Crippen molar-refractivity contribution < 1.29 is 0 Å². The molecular formula is C12H15ClN2. The number of hydrogen-bond acceptors (Lipinski definition) is 2. The van der Waals surface area contributed by atoms with Gasteiger partial charge in [0.25, 0.3) is 0 Å². The van der Waals surface area contributed by atoms with Gasteiger partial charge in [-0.15, -0.1) is 0 Å². The highest BCUT2D eigenvalue weighted by Crippen LogP contribution is 2.38. The van der Waals surface area contributed by atoms with Crippen LogP contribution in [0.25, 0.3) is 0 Å². The van der Waals surface area contributed by atoms with Gasteiger partial charge in [0.1, 0.15) is 0 Å². The van der Waals surface area contributed by atoms with Crippen molar-refractivity contribution in [2.45, 2.75) is 31.3 Å². The summed E-state index contributed by atoms with van der Waals surface area (Å²) in [6, 6.07) is 7.17. The van der Waals surface area contributed by atoms with E-state index in [1.165, 1.54) is 17.7 Å². The lowest BCUT2D eigenvalue weighted by Gasteiger charge is -2.33. The van der Waals surface area contributed by atoms with Crippen molar-refractivity contribution in [3.63, 3.8) is 0 Å². The molecule has 1 aromatic carbocycles. The van der Waals surface area contributed by atoms with E-state index in [4.69, 9.17) is 17.3 Å². The Morgan fingerprint density at radius 3 is 3.13 bits per heavy atom. The Morgan fingerprint density at radius 2 is 2.27 bits per heavy atom. The van der Waals surface area contributed by atoms with Gasteiger partial charge >= 0.3 is 0 Å². The van der Waals surface area contributed by atoms with Crippen molar-refractivity contribution in [1.29, 1.82) is 0 Å². The Labute approximate surface area is 95.0 Å². The van der Waals surface area contributed by atoms with Crippen LogP contribution < -0.4 is 10.6 Å². The average Bonchev–Trinajstić information content (AvgIpc) is 2.59. The maximum Gasteiger partial charge on any atom is 0.0458 e. The highest BCUT2D eigenvalue weighted by atomic mass is 35.5. The third kappa shape index (κ3) is 1.44. The number of hydrogen-bond donors (Lipinski definition) is 1. The van der Waals surface area contributed by atoms with Crippen molar-refractivity contribution in [3.05, 3.63) is 28.8 Å². The van der Waals surface area contributed by atoms with Gasteiger partial charge in [-0.3, -0.25) is 0 Å². The molecule has 3 heteroatoms. The van der Waals surface area contributed by atoms with Crippen LogP contribution in [-0.4, -0.2) is 18.6 Å². The summed E-state index contributed by atoms with van der Waals surface area (Å²) in [5.74, 6) is 0. The molecule has 2 atom stereocenters. The number of benzene rings is 1. The minimum absolute atomic E-state index is 0.333. The third-order valence-electron chi connectivity index (χ3n) is 3.58. The number of anilines is 1. The fraction of sp³-hybridized carbons (Fsp3) is 0.500. The minimum atomic E-state index is 0.333.